The minimum absolute atomic E-state index is 0.607. The summed E-state index contributed by atoms with van der Waals surface area (Å²) in [5, 5.41) is 14.8. The summed E-state index contributed by atoms with van der Waals surface area (Å²) in [6.07, 6.45) is 0. The molecule has 0 amide bonds. The van der Waals surface area contributed by atoms with Crippen molar-refractivity contribution in [3.8, 4) is 17.2 Å². The smallest absolute Gasteiger partial charge is 0.235 e. The molecule has 0 saturated carbocycles. The maximum Gasteiger partial charge on any atom is 0.235 e. The van der Waals surface area contributed by atoms with Crippen LogP contribution in [0.2, 0.25) is 0 Å². The summed E-state index contributed by atoms with van der Waals surface area (Å²) in [7, 11) is 0. The van der Waals surface area contributed by atoms with E-state index in [1.54, 1.807) is 0 Å². The van der Waals surface area contributed by atoms with Crippen molar-refractivity contribution in [2.75, 3.05) is 0 Å². The van der Waals surface area contributed by atoms with Crippen LogP contribution in [0.4, 0.5) is 0 Å². The van der Waals surface area contributed by atoms with E-state index >= 15 is 0 Å². The highest BCUT2D eigenvalue weighted by molar-refractivity contribution is 6.38. The Balaban J connectivity index is 1.33. The van der Waals surface area contributed by atoms with Gasteiger partial charge in [-0.05, 0) is 46.5 Å². The molecule has 0 unspecified atom stereocenters. The second-order valence-electron chi connectivity index (χ2n) is 15.3. The number of rotatable bonds is 2. The average Bonchev–Trinajstić information content (AvgIpc) is 3.92. The van der Waals surface area contributed by atoms with Crippen molar-refractivity contribution in [1.29, 1.82) is 0 Å². The fourth-order valence-electron chi connectivity index (χ4n) is 10.1. The monoisotopic (exact) mass is 724 g/mol. The van der Waals surface area contributed by atoms with Crippen molar-refractivity contribution in [2.45, 2.75) is 0 Å². The van der Waals surface area contributed by atoms with E-state index < -0.39 is 0 Å². The summed E-state index contributed by atoms with van der Waals surface area (Å²) in [5.74, 6) is 0.607. The normalized spacial score (nSPS) is 12.6. The lowest BCUT2D eigenvalue weighted by molar-refractivity contribution is 0.671. The maximum absolute atomic E-state index is 7.04. The lowest BCUT2D eigenvalue weighted by atomic mass is 9.98. The zero-order valence-corrected chi connectivity index (χ0v) is 30.4. The van der Waals surface area contributed by atoms with E-state index in [0.29, 0.717) is 5.95 Å². The van der Waals surface area contributed by atoms with Crippen molar-refractivity contribution in [3.63, 3.8) is 0 Å². The molecule has 0 N–H and O–H groups in total. The Labute approximate surface area is 323 Å². The molecule has 5 aromatic heterocycles. The van der Waals surface area contributed by atoms with E-state index in [4.69, 9.17) is 14.4 Å². The van der Waals surface area contributed by atoms with Gasteiger partial charge >= 0.3 is 0 Å². The van der Waals surface area contributed by atoms with Crippen LogP contribution >= 0.6 is 0 Å². The first-order valence-corrected chi connectivity index (χ1v) is 19.4. The minimum atomic E-state index is 0.607. The van der Waals surface area contributed by atoms with E-state index in [-0.39, 0.29) is 0 Å². The number of benzene rings is 9. The fraction of sp³-hybridized carbons (Fsp3) is 0. The Kier molecular flexibility index (Phi) is 5.45. The van der Waals surface area contributed by atoms with Crippen molar-refractivity contribution in [2.24, 2.45) is 0 Å². The van der Waals surface area contributed by atoms with Gasteiger partial charge in [-0.1, -0.05) is 140 Å². The van der Waals surface area contributed by atoms with E-state index in [9.17, 15) is 0 Å². The van der Waals surface area contributed by atoms with Crippen LogP contribution in [0.1, 0.15) is 0 Å². The number of hydrogen-bond acceptors (Lipinski definition) is 3. The lowest BCUT2D eigenvalue weighted by Gasteiger charge is -2.14. The molecule has 5 nitrogen and oxygen atoms in total. The molecule has 0 radical (unpaired) electrons. The SMILES string of the molecule is c1ccc(-c2nc(-n3c4c5ccccc5cc5c6cccc7c8ccccc8n(c8cc9c%10ccccc%10oc9c3c8c54)c67)nc3c2ccc2ccccc23)cc1. The van der Waals surface area contributed by atoms with Gasteiger partial charge in [-0.2, -0.15) is 0 Å². The third-order valence-electron chi connectivity index (χ3n) is 12.4. The average molecular weight is 725 g/mol. The van der Waals surface area contributed by atoms with Gasteiger partial charge in [0.15, 0.2) is 5.58 Å². The molecule has 0 spiro atoms. The standard InChI is InChI=1S/C52H28N4O/c1-2-14-30(15-3-1)46-38-26-25-29-13-4-6-17-32(29)47(38)54-52(53-46)56-49-33-18-7-5-16-31(33)27-39-37-22-12-21-36-34-19-8-10-23-41(34)55(48(36)37)42-28-40-35-20-9-11-24-43(35)57-51(40)50(56)45(42)44(39)49/h1-28H. The van der Waals surface area contributed by atoms with E-state index in [1.807, 2.05) is 0 Å². The highest BCUT2D eigenvalue weighted by Gasteiger charge is 2.29. The van der Waals surface area contributed by atoms with Gasteiger partial charge in [0.2, 0.25) is 5.95 Å². The summed E-state index contributed by atoms with van der Waals surface area (Å²) in [6.45, 7) is 0. The van der Waals surface area contributed by atoms with E-state index in [0.717, 1.165) is 87.6 Å². The molecule has 5 heteroatoms. The third kappa shape index (κ3) is 3.69. The molecule has 0 aliphatic rings. The Morgan fingerprint density at radius 3 is 1.98 bits per heavy atom. The predicted molar refractivity (Wildman–Crippen MR) is 236 cm³/mol. The number of hydrogen-bond donors (Lipinski definition) is 0. The van der Waals surface area contributed by atoms with Crippen LogP contribution < -0.4 is 0 Å². The molecule has 262 valence electrons. The molecular weight excluding hydrogens is 697 g/mol. The van der Waals surface area contributed by atoms with E-state index in [2.05, 4.69) is 179 Å². The summed E-state index contributed by atoms with van der Waals surface area (Å²) >= 11 is 0. The largest absolute Gasteiger partial charge is 0.454 e. The molecule has 14 aromatic rings. The van der Waals surface area contributed by atoms with E-state index in [1.165, 1.54) is 38.0 Å². The lowest BCUT2D eigenvalue weighted by Crippen LogP contribution is -2.04. The molecule has 0 atom stereocenters. The van der Waals surface area contributed by atoms with Crippen molar-refractivity contribution in [3.05, 3.63) is 170 Å². The van der Waals surface area contributed by atoms with Crippen LogP contribution in [0.3, 0.4) is 0 Å². The number of aromatic nitrogens is 4. The first kappa shape index (κ1) is 29.6. The maximum atomic E-state index is 7.04. The Morgan fingerprint density at radius 2 is 1.11 bits per heavy atom. The number of fused-ring (bicyclic) bond motifs is 14. The molecule has 0 aliphatic carbocycles. The quantitative estimate of drug-likeness (QED) is 0.167. The topological polar surface area (TPSA) is 48.3 Å². The summed E-state index contributed by atoms with van der Waals surface area (Å²) in [6, 6.07) is 60.9. The highest BCUT2D eigenvalue weighted by Crippen LogP contribution is 2.49. The van der Waals surface area contributed by atoms with Gasteiger partial charge in [-0.25, -0.2) is 9.97 Å². The van der Waals surface area contributed by atoms with Gasteiger partial charge < -0.3 is 8.82 Å². The molecule has 0 bridgehead atoms. The van der Waals surface area contributed by atoms with Crippen LogP contribution in [0, 0.1) is 0 Å². The third-order valence-corrected chi connectivity index (χ3v) is 12.4. The van der Waals surface area contributed by atoms with Crippen LogP contribution in [0.25, 0.3) is 131 Å². The van der Waals surface area contributed by atoms with Gasteiger partial charge in [0.25, 0.3) is 0 Å². The van der Waals surface area contributed by atoms with Crippen molar-refractivity contribution < 1.29 is 4.42 Å². The van der Waals surface area contributed by atoms with Crippen LogP contribution in [0.5, 0.6) is 0 Å². The van der Waals surface area contributed by atoms with Gasteiger partial charge in [0, 0.05) is 59.4 Å². The summed E-state index contributed by atoms with van der Waals surface area (Å²) < 4.78 is 11.9. The number of para-hydroxylation sites is 3. The van der Waals surface area contributed by atoms with Crippen molar-refractivity contribution >= 4 is 114 Å². The first-order chi connectivity index (χ1) is 28.3. The zero-order valence-electron chi connectivity index (χ0n) is 30.4. The molecule has 0 fully saturated rings. The second-order valence-corrected chi connectivity index (χ2v) is 15.3. The van der Waals surface area contributed by atoms with Crippen molar-refractivity contribution in [1.82, 2.24) is 18.9 Å². The molecule has 0 aliphatic heterocycles. The van der Waals surface area contributed by atoms with Crippen LogP contribution in [-0.4, -0.2) is 18.9 Å². The van der Waals surface area contributed by atoms with Gasteiger partial charge in [0.1, 0.15) is 11.1 Å². The Bertz CT molecular complexity index is 4040. The summed E-state index contributed by atoms with van der Waals surface area (Å²) in [5.41, 5.74) is 10.1. The molecular formula is C52H28N4O. The van der Waals surface area contributed by atoms with Gasteiger partial charge in [0.05, 0.1) is 33.3 Å². The number of furan rings is 1. The minimum Gasteiger partial charge on any atom is -0.454 e. The zero-order chi connectivity index (χ0) is 36.9. The molecule has 0 saturated heterocycles. The molecule has 57 heavy (non-hydrogen) atoms. The van der Waals surface area contributed by atoms with Gasteiger partial charge in [-0.15, -0.1) is 0 Å². The first-order valence-electron chi connectivity index (χ1n) is 19.4. The van der Waals surface area contributed by atoms with Gasteiger partial charge in [-0.3, -0.25) is 4.57 Å². The summed E-state index contributed by atoms with van der Waals surface area (Å²) in [4.78, 5) is 11.2. The molecule has 9 aromatic carbocycles. The molecule has 5 heterocycles. The fourth-order valence-corrected chi connectivity index (χ4v) is 10.1. The van der Waals surface area contributed by atoms with Crippen LogP contribution in [0.15, 0.2) is 174 Å². The molecule has 14 rings (SSSR count). The number of nitrogens with zero attached hydrogens (tertiary/aromatic N) is 4. The second kappa shape index (κ2) is 10.5. The Hall–Kier alpha value is -7.76. The Morgan fingerprint density at radius 1 is 0.404 bits per heavy atom. The predicted octanol–water partition coefficient (Wildman–Crippen LogP) is 13.7. The highest BCUT2D eigenvalue weighted by atomic mass is 16.3. The van der Waals surface area contributed by atoms with Crippen LogP contribution in [-0.2, 0) is 0 Å².